The third-order valence-electron chi connectivity index (χ3n) is 3.52. The number of nitrogens with one attached hydrogen (secondary N) is 1. The van der Waals surface area contributed by atoms with Gasteiger partial charge in [-0.15, -0.1) is 0 Å². The van der Waals surface area contributed by atoms with Crippen LogP contribution in [0.3, 0.4) is 0 Å². The minimum Gasteiger partial charge on any atom is -0.336 e. The predicted octanol–water partition coefficient (Wildman–Crippen LogP) is -0.990. The molecule has 0 radical (unpaired) electrons. The zero-order valence-corrected chi connectivity index (χ0v) is 11.6. The molecule has 2 aliphatic rings. The molecule has 0 aromatic heterocycles. The smallest absolute Gasteiger partial charge is 0.249 e. The highest BCUT2D eigenvalue weighted by Gasteiger charge is 2.27. The maximum atomic E-state index is 12.2. The highest BCUT2D eigenvalue weighted by atomic mass is 32.2. The first kappa shape index (κ1) is 13.5. The second-order valence-corrected chi connectivity index (χ2v) is 6.77. The molecule has 102 valence electrons. The van der Waals surface area contributed by atoms with Gasteiger partial charge in [0.25, 0.3) is 0 Å². The number of nitrogens with zero attached hydrogens (tertiary/aromatic N) is 2. The molecule has 0 atom stereocenters. The Labute approximate surface area is 108 Å². The SMILES string of the molecule is CC(C(=O)N1CCN(S(C)(=O)=O)CC1)=C1CNC1. The molecular weight excluding hydrogens is 254 g/mol. The van der Waals surface area contributed by atoms with E-state index >= 15 is 0 Å². The molecule has 2 rings (SSSR count). The van der Waals surface area contributed by atoms with Gasteiger partial charge in [0, 0.05) is 44.8 Å². The lowest BCUT2D eigenvalue weighted by molar-refractivity contribution is -0.128. The van der Waals surface area contributed by atoms with Crippen molar-refractivity contribution in [2.75, 3.05) is 45.5 Å². The summed E-state index contributed by atoms with van der Waals surface area (Å²) in [6.07, 6.45) is 1.21. The summed E-state index contributed by atoms with van der Waals surface area (Å²) in [4.78, 5) is 13.9. The fraction of sp³-hybridized carbons (Fsp3) is 0.727. The molecule has 2 aliphatic heterocycles. The van der Waals surface area contributed by atoms with E-state index in [1.54, 1.807) is 4.90 Å². The van der Waals surface area contributed by atoms with E-state index < -0.39 is 10.0 Å². The molecule has 7 heteroatoms. The zero-order valence-electron chi connectivity index (χ0n) is 10.8. The number of hydrogen-bond acceptors (Lipinski definition) is 4. The van der Waals surface area contributed by atoms with E-state index in [0.717, 1.165) is 24.2 Å². The van der Waals surface area contributed by atoms with Crippen LogP contribution in [0.25, 0.3) is 0 Å². The Morgan fingerprint density at radius 1 is 1.17 bits per heavy atom. The molecule has 1 N–H and O–H groups in total. The van der Waals surface area contributed by atoms with Gasteiger partial charge in [-0.2, -0.15) is 4.31 Å². The van der Waals surface area contributed by atoms with Crippen molar-refractivity contribution in [3.05, 3.63) is 11.1 Å². The second kappa shape index (κ2) is 4.99. The van der Waals surface area contributed by atoms with Crippen molar-refractivity contribution in [1.29, 1.82) is 0 Å². The minimum absolute atomic E-state index is 0.0413. The Balaban J connectivity index is 1.96. The summed E-state index contributed by atoms with van der Waals surface area (Å²) in [5.74, 6) is 0.0413. The average Bonchev–Trinajstić information content (AvgIpc) is 2.24. The van der Waals surface area contributed by atoms with Crippen LogP contribution in [0.4, 0.5) is 0 Å². The normalized spacial score (nSPS) is 21.7. The Kier molecular flexibility index (Phi) is 3.74. The van der Waals surface area contributed by atoms with E-state index in [0.29, 0.717) is 26.2 Å². The van der Waals surface area contributed by atoms with Crippen molar-refractivity contribution < 1.29 is 13.2 Å². The molecule has 0 aromatic rings. The molecule has 1 amide bonds. The molecule has 0 unspecified atom stereocenters. The number of amides is 1. The van der Waals surface area contributed by atoms with Gasteiger partial charge in [0.05, 0.1) is 6.26 Å². The summed E-state index contributed by atoms with van der Waals surface area (Å²) in [7, 11) is -3.13. The molecule has 0 bridgehead atoms. The van der Waals surface area contributed by atoms with E-state index in [9.17, 15) is 13.2 Å². The average molecular weight is 273 g/mol. The fourth-order valence-corrected chi connectivity index (χ4v) is 2.95. The molecule has 0 spiro atoms. The third kappa shape index (κ3) is 2.73. The van der Waals surface area contributed by atoms with Crippen LogP contribution in [0.2, 0.25) is 0 Å². The standard InChI is InChI=1S/C11H19N3O3S/c1-9(10-7-12-8-10)11(15)13-3-5-14(6-4-13)18(2,16)17/h12H,3-8H2,1-2H3. The minimum atomic E-state index is -3.13. The summed E-state index contributed by atoms with van der Waals surface area (Å²) in [5, 5.41) is 3.11. The third-order valence-corrected chi connectivity index (χ3v) is 4.83. The van der Waals surface area contributed by atoms with Gasteiger partial charge in [-0.1, -0.05) is 0 Å². The maximum absolute atomic E-state index is 12.2. The Morgan fingerprint density at radius 3 is 2.11 bits per heavy atom. The van der Waals surface area contributed by atoms with Gasteiger partial charge in [0.1, 0.15) is 0 Å². The number of rotatable bonds is 2. The molecule has 0 saturated carbocycles. The Bertz CT molecular complexity index is 470. The van der Waals surface area contributed by atoms with Crippen LogP contribution in [0.5, 0.6) is 0 Å². The molecular formula is C11H19N3O3S. The van der Waals surface area contributed by atoms with Crippen LogP contribution >= 0.6 is 0 Å². The molecule has 2 saturated heterocycles. The molecule has 18 heavy (non-hydrogen) atoms. The molecule has 2 heterocycles. The molecule has 0 aliphatic carbocycles. The van der Waals surface area contributed by atoms with Crippen LogP contribution in [0, 0.1) is 0 Å². The number of carbonyl (C=O) groups excluding carboxylic acids is 1. The van der Waals surface area contributed by atoms with Gasteiger partial charge in [-0.3, -0.25) is 4.79 Å². The van der Waals surface area contributed by atoms with Crippen molar-refractivity contribution >= 4 is 15.9 Å². The molecule has 6 nitrogen and oxygen atoms in total. The monoisotopic (exact) mass is 273 g/mol. The van der Waals surface area contributed by atoms with Gasteiger partial charge < -0.3 is 10.2 Å². The zero-order chi connectivity index (χ0) is 13.3. The lowest BCUT2D eigenvalue weighted by Crippen LogP contribution is -2.51. The van der Waals surface area contributed by atoms with E-state index in [4.69, 9.17) is 0 Å². The van der Waals surface area contributed by atoms with Crippen molar-refractivity contribution in [3.8, 4) is 0 Å². The number of piperazine rings is 1. The highest BCUT2D eigenvalue weighted by molar-refractivity contribution is 7.88. The van der Waals surface area contributed by atoms with Crippen molar-refractivity contribution in [1.82, 2.24) is 14.5 Å². The number of carbonyl (C=O) groups is 1. The van der Waals surface area contributed by atoms with E-state index in [1.807, 2.05) is 6.92 Å². The van der Waals surface area contributed by atoms with Crippen LogP contribution in [0.15, 0.2) is 11.1 Å². The number of hydrogen-bond donors (Lipinski definition) is 1. The van der Waals surface area contributed by atoms with Crippen molar-refractivity contribution in [2.45, 2.75) is 6.92 Å². The first-order valence-corrected chi connectivity index (χ1v) is 7.88. The summed E-state index contributed by atoms with van der Waals surface area (Å²) in [6.45, 7) is 5.17. The maximum Gasteiger partial charge on any atom is 0.249 e. The molecule has 2 fully saturated rings. The van der Waals surface area contributed by atoms with Crippen molar-refractivity contribution in [3.63, 3.8) is 0 Å². The number of sulfonamides is 1. The first-order chi connectivity index (χ1) is 8.39. The van der Waals surface area contributed by atoms with Crippen LogP contribution in [0.1, 0.15) is 6.92 Å². The Morgan fingerprint density at radius 2 is 1.72 bits per heavy atom. The van der Waals surface area contributed by atoms with Gasteiger partial charge in [-0.25, -0.2) is 8.42 Å². The van der Waals surface area contributed by atoms with Crippen LogP contribution < -0.4 is 5.32 Å². The van der Waals surface area contributed by atoms with Gasteiger partial charge >= 0.3 is 0 Å². The van der Waals surface area contributed by atoms with Crippen molar-refractivity contribution in [2.24, 2.45) is 0 Å². The van der Waals surface area contributed by atoms with Gasteiger partial charge in [0.15, 0.2) is 0 Å². The molecule has 0 aromatic carbocycles. The van der Waals surface area contributed by atoms with Gasteiger partial charge in [0.2, 0.25) is 15.9 Å². The van der Waals surface area contributed by atoms with E-state index in [2.05, 4.69) is 5.32 Å². The van der Waals surface area contributed by atoms with Crippen LogP contribution in [-0.4, -0.2) is 69.1 Å². The summed E-state index contributed by atoms with van der Waals surface area (Å²) in [6, 6.07) is 0. The topological polar surface area (TPSA) is 69.7 Å². The summed E-state index contributed by atoms with van der Waals surface area (Å²) >= 11 is 0. The van der Waals surface area contributed by atoms with E-state index in [-0.39, 0.29) is 5.91 Å². The summed E-state index contributed by atoms with van der Waals surface area (Å²) < 4.78 is 24.2. The fourth-order valence-electron chi connectivity index (χ4n) is 2.13. The predicted molar refractivity (Wildman–Crippen MR) is 68.6 cm³/mol. The quantitative estimate of drug-likeness (QED) is 0.656. The highest BCUT2D eigenvalue weighted by Crippen LogP contribution is 2.14. The van der Waals surface area contributed by atoms with Gasteiger partial charge in [-0.05, 0) is 12.5 Å². The largest absolute Gasteiger partial charge is 0.336 e. The summed E-state index contributed by atoms with van der Waals surface area (Å²) in [5.41, 5.74) is 1.96. The Hall–Kier alpha value is -0.920. The lowest BCUT2D eigenvalue weighted by atomic mass is 10.0. The van der Waals surface area contributed by atoms with E-state index in [1.165, 1.54) is 10.6 Å². The van der Waals surface area contributed by atoms with Crippen LogP contribution in [-0.2, 0) is 14.8 Å². The first-order valence-electron chi connectivity index (χ1n) is 6.03. The lowest BCUT2D eigenvalue weighted by Gasteiger charge is -2.34. The second-order valence-electron chi connectivity index (χ2n) is 4.79.